The molecule has 0 radical (unpaired) electrons. The lowest BCUT2D eigenvalue weighted by Gasteiger charge is -2.26. The van der Waals surface area contributed by atoms with E-state index in [1.807, 2.05) is 6.20 Å². The summed E-state index contributed by atoms with van der Waals surface area (Å²) in [7, 11) is 0.922. The van der Waals surface area contributed by atoms with Crippen LogP contribution in [0.1, 0.15) is 24.4 Å². The third kappa shape index (κ3) is 2.20. The largest absolute Gasteiger partial charge is 0.299 e. The highest BCUT2D eigenvalue weighted by atomic mass is 28.3. The van der Waals surface area contributed by atoms with Crippen molar-refractivity contribution in [1.29, 1.82) is 0 Å². The van der Waals surface area contributed by atoms with E-state index in [0.717, 1.165) is 0 Å². The summed E-state index contributed by atoms with van der Waals surface area (Å²) in [4.78, 5) is 7.14. The fraction of sp³-hybridized carbons (Fsp3) is 0.615. The van der Waals surface area contributed by atoms with Gasteiger partial charge in [0.15, 0.2) is 0 Å². The fourth-order valence-electron chi connectivity index (χ4n) is 2.62. The Kier molecular flexibility index (Phi) is 3.17. The molecule has 0 N–H and O–H groups in total. The predicted octanol–water partition coefficient (Wildman–Crippen LogP) is 2.39. The van der Waals surface area contributed by atoms with Gasteiger partial charge in [-0.2, -0.15) is 0 Å². The number of rotatable bonds is 2. The second kappa shape index (κ2) is 4.30. The first-order chi connectivity index (χ1) is 7.50. The minimum absolute atomic E-state index is 0.607. The van der Waals surface area contributed by atoms with E-state index in [1.165, 1.54) is 30.3 Å². The van der Waals surface area contributed by atoms with Gasteiger partial charge in [0, 0.05) is 17.6 Å². The van der Waals surface area contributed by atoms with Gasteiger partial charge in [-0.25, -0.2) is 0 Å². The highest BCUT2D eigenvalue weighted by molar-refractivity contribution is 6.88. The van der Waals surface area contributed by atoms with Crippen LogP contribution in [0.5, 0.6) is 0 Å². The van der Waals surface area contributed by atoms with E-state index in [9.17, 15) is 0 Å². The van der Waals surface area contributed by atoms with Gasteiger partial charge in [0.2, 0.25) is 0 Å². The minimum atomic E-state index is -1.31. The van der Waals surface area contributed by atoms with Crippen LogP contribution in [0.3, 0.4) is 0 Å². The first-order valence-corrected chi connectivity index (χ1v) is 9.66. The Morgan fingerprint density at radius 1 is 1.38 bits per heavy atom. The molecule has 0 aromatic carbocycles. The van der Waals surface area contributed by atoms with Crippen molar-refractivity contribution in [2.75, 3.05) is 13.6 Å². The van der Waals surface area contributed by atoms with Crippen LogP contribution < -0.4 is 5.32 Å². The number of likely N-dealkylation sites (tertiary alicyclic amines) is 1. The highest BCUT2D eigenvalue weighted by Gasteiger charge is 2.29. The van der Waals surface area contributed by atoms with Crippen molar-refractivity contribution in [2.45, 2.75) is 38.5 Å². The van der Waals surface area contributed by atoms with Crippen molar-refractivity contribution in [1.82, 2.24) is 9.88 Å². The SMILES string of the molecule is CN1CCCC1c1cccnc1[Si](C)(C)C. The van der Waals surface area contributed by atoms with Crippen LogP contribution in [0, 0.1) is 0 Å². The zero-order valence-electron chi connectivity index (χ0n) is 10.8. The minimum Gasteiger partial charge on any atom is -0.299 e. The lowest BCUT2D eigenvalue weighted by atomic mass is 10.1. The predicted molar refractivity (Wildman–Crippen MR) is 71.8 cm³/mol. The van der Waals surface area contributed by atoms with Gasteiger partial charge in [0.1, 0.15) is 8.07 Å². The summed E-state index contributed by atoms with van der Waals surface area (Å²) in [6.07, 6.45) is 4.56. The molecule has 1 aromatic rings. The van der Waals surface area contributed by atoms with Gasteiger partial charge >= 0.3 is 0 Å². The lowest BCUT2D eigenvalue weighted by Crippen LogP contribution is -2.44. The summed E-state index contributed by atoms with van der Waals surface area (Å²) in [6.45, 7) is 8.38. The molecule has 2 rings (SSSR count). The Bertz CT molecular complexity index is 370. The first-order valence-electron chi connectivity index (χ1n) is 6.16. The van der Waals surface area contributed by atoms with Gasteiger partial charge in [-0.1, -0.05) is 25.7 Å². The third-order valence-electron chi connectivity index (χ3n) is 3.43. The lowest BCUT2D eigenvalue weighted by molar-refractivity contribution is 0.318. The van der Waals surface area contributed by atoms with E-state index in [2.05, 4.69) is 48.7 Å². The smallest absolute Gasteiger partial charge is 0.102 e. The first kappa shape index (κ1) is 11.8. The molecular weight excluding hydrogens is 212 g/mol. The van der Waals surface area contributed by atoms with Gasteiger partial charge in [0.05, 0.1) is 0 Å². The summed E-state index contributed by atoms with van der Waals surface area (Å²) in [5, 5.41) is 1.40. The van der Waals surface area contributed by atoms with Crippen molar-refractivity contribution in [3.8, 4) is 0 Å². The zero-order valence-corrected chi connectivity index (χ0v) is 11.8. The van der Waals surface area contributed by atoms with Crippen molar-refractivity contribution >= 4 is 13.4 Å². The molecule has 1 fully saturated rings. The van der Waals surface area contributed by atoms with Crippen molar-refractivity contribution in [2.24, 2.45) is 0 Å². The van der Waals surface area contributed by atoms with Crippen LogP contribution >= 0.6 is 0 Å². The Labute approximate surface area is 99.7 Å². The molecule has 2 heterocycles. The molecule has 1 unspecified atom stereocenters. The van der Waals surface area contributed by atoms with Crippen LogP contribution in [0.4, 0.5) is 0 Å². The third-order valence-corrected chi connectivity index (χ3v) is 5.27. The molecule has 0 amide bonds. The highest BCUT2D eigenvalue weighted by Crippen LogP contribution is 2.29. The summed E-state index contributed by atoms with van der Waals surface area (Å²) in [5.74, 6) is 0. The fourth-order valence-corrected chi connectivity index (χ4v) is 4.19. The van der Waals surface area contributed by atoms with Gasteiger partial charge in [-0.3, -0.25) is 9.88 Å². The number of hydrogen-bond donors (Lipinski definition) is 0. The Morgan fingerprint density at radius 3 is 2.69 bits per heavy atom. The Hall–Kier alpha value is -0.673. The van der Waals surface area contributed by atoms with E-state index >= 15 is 0 Å². The molecule has 16 heavy (non-hydrogen) atoms. The number of pyridine rings is 1. The zero-order chi connectivity index (χ0) is 11.8. The quantitative estimate of drug-likeness (QED) is 0.731. The molecule has 0 spiro atoms. The molecule has 3 heteroatoms. The van der Waals surface area contributed by atoms with Gasteiger partial charge in [-0.05, 0) is 38.1 Å². The standard InChI is InChI=1S/C13H22N2Si/c1-15-10-6-8-12(15)11-7-5-9-14-13(11)16(2,3)4/h5,7,9,12H,6,8,10H2,1-4H3. The molecule has 1 aliphatic heterocycles. The second-order valence-electron chi connectivity index (χ2n) is 5.83. The maximum absolute atomic E-state index is 4.66. The Morgan fingerprint density at radius 2 is 2.12 bits per heavy atom. The van der Waals surface area contributed by atoms with E-state index in [4.69, 9.17) is 0 Å². The number of nitrogens with zero attached hydrogens (tertiary/aromatic N) is 2. The molecule has 2 nitrogen and oxygen atoms in total. The van der Waals surface area contributed by atoms with Crippen LogP contribution in [-0.4, -0.2) is 31.6 Å². The van der Waals surface area contributed by atoms with Crippen molar-refractivity contribution in [3.63, 3.8) is 0 Å². The molecule has 0 aliphatic carbocycles. The summed E-state index contributed by atoms with van der Waals surface area (Å²) >= 11 is 0. The number of hydrogen-bond acceptors (Lipinski definition) is 2. The van der Waals surface area contributed by atoms with Crippen molar-refractivity contribution < 1.29 is 0 Å². The average molecular weight is 234 g/mol. The molecule has 0 bridgehead atoms. The normalized spacial score (nSPS) is 22.6. The molecule has 1 aromatic heterocycles. The van der Waals surface area contributed by atoms with Gasteiger partial charge in [0.25, 0.3) is 0 Å². The molecular formula is C13H22N2Si. The van der Waals surface area contributed by atoms with Crippen molar-refractivity contribution in [3.05, 3.63) is 23.9 Å². The molecule has 88 valence electrons. The monoisotopic (exact) mass is 234 g/mol. The molecule has 1 aliphatic rings. The van der Waals surface area contributed by atoms with Crippen LogP contribution in [0.15, 0.2) is 18.3 Å². The van der Waals surface area contributed by atoms with Gasteiger partial charge < -0.3 is 0 Å². The molecule has 0 saturated carbocycles. The number of aromatic nitrogens is 1. The molecule has 1 saturated heterocycles. The van der Waals surface area contributed by atoms with Crippen LogP contribution in [-0.2, 0) is 0 Å². The van der Waals surface area contributed by atoms with Crippen LogP contribution in [0.2, 0.25) is 19.6 Å². The topological polar surface area (TPSA) is 16.1 Å². The van der Waals surface area contributed by atoms with E-state index in [0.29, 0.717) is 6.04 Å². The summed E-state index contributed by atoms with van der Waals surface area (Å²) in [5.41, 5.74) is 1.49. The van der Waals surface area contributed by atoms with E-state index < -0.39 is 8.07 Å². The average Bonchev–Trinajstić information content (AvgIpc) is 2.63. The van der Waals surface area contributed by atoms with Crippen LogP contribution in [0.25, 0.3) is 0 Å². The summed E-state index contributed by atoms with van der Waals surface area (Å²) < 4.78 is 0. The van der Waals surface area contributed by atoms with E-state index in [1.54, 1.807) is 0 Å². The van der Waals surface area contributed by atoms with Gasteiger partial charge in [-0.15, -0.1) is 0 Å². The maximum atomic E-state index is 4.66. The maximum Gasteiger partial charge on any atom is 0.102 e. The Balaban J connectivity index is 2.40. The molecule has 1 atom stereocenters. The second-order valence-corrected chi connectivity index (χ2v) is 10.8. The van der Waals surface area contributed by atoms with E-state index in [-0.39, 0.29) is 0 Å². The summed E-state index contributed by atoms with van der Waals surface area (Å²) in [6, 6.07) is 4.98.